The van der Waals surface area contributed by atoms with Crippen LogP contribution in [-0.2, 0) is 24.4 Å². The summed E-state index contributed by atoms with van der Waals surface area (Å²) in [5.74, 6) is 1.63. The van der Waals surface area contributed by atoms with Gasteiger partial charge in [0.15, 0.2) is 0 Å². The first-order valence-corrected chi connectivity index (χ1v) is 7.71. The molecule has 2 rings (SSSR count). The highest BCUT2D eigenvalue weighted by molar-refractivity contribution is 7.85. The Labute approximate surface area is 109 Å². The first-order chi connectivity index (χ1) is 8.08. The van der Waals surface area contributed by atoms with Crippen LogP contribution in [0, 0.1) is 6.92 Å². The Morgan fingerprint density at radius 1 is 1.53 bits per heavy atom. The highest BCUT2D eigenvalue weighted by Gasteiger charge is 2.18. The second kappa shape index (κ2) is 5.50. The third kappa shape index (κ3) is 3.09. The SMILES string of the molecule is Cc1nn(C)c(Cl)c1CNC1CCS(=O)CC1. The number of nitrogens with zero attached hydrogens (tertiary/aromatic N) is 2. The quantitative estimate of drug-likeness (QED) is 0.907. The van der Waals surface area contributed by atoms with E-state index in [1.165, 1.54) is 0 Å². The van der Waals surface area contributed by atoms with Crippen molar-refractivity contribution in [2.75, 3.05) is 11.5 Å². The van der Waals surface area contributed by atoms with Crippen LogP contribution >= 0.6 is 11.6 Å². The molecule has 0 spiro atoms. The van der Waals surface area contributed by atoms with Gasteiger partial charge in [-0.05, 0) is 19.8 Å². The largest absolute Gasteiger partial charge is 0.310 e. The molecule has 0 radical (unpaired) electrons. The number of nitrogens with one attached hydrogen (secondary N) is 1. The fourth-order valence-corrected chi connectivity index (χ4v) is 3.66. The zero-order valence-corrected chi connectivity index (χ0v) is 11.8. The van der Waals surface area contributed by atoms with Crippen LogP contribution in [0.25, 0.3) is 0 Å². The zero-order chi connectivity index (χ0) is 12.4. The summed E-state index contributed by atoms with van der Waals surface area (Å²) in [6, 6.07) is 0.461. The first kappa shape index (κ1) is 13.1. The third-order valence-corrected chi connectivity index (χ3v) is 5.08. The van der Waals surface area contributed by atoms with E-state index < -0.39 is 10.8 Å². The average Bonchev–Trinajstić information content (AvgIpc) is 2.54. The predicted octanol–water partition coefficient (Wildman–Crippen LogP) is 1.38. The zero-order valence-electron chi connectivity index (χ0n) is 10.2. The highest BCUT2D eigenvalue weighted by atomic mass is 35.5. The van der Waals surface area contributed by atoms with E-state index in [1.54, 1.807) is 4.68 Å². The van der Waals surface area contributed by atoms with Gasteiger partial charge in [-0.15, -0.1) is 0 Å². The summed E-state index contributed by atoms with van der Waals surface area (Å²) in [5.41, 5.74) is 2.05. The second-order valence-corrected chi connectivity index (χ2v) is 6.54. The van der Waals surface area contributed by atoms with Gasteiger partial charge in [0.2, 0.25) is 0 Å². The molecule has 1 aliphatic rings. The number of halogens is 1. The van der Waals surface area contributed by atoms with Crippen LogP contribution in [0.4, 0.5) is 0 Å². The monoisotopic (exact) mass is 275 g/mol. The van der Waals surface area contributed by atoms with Gasteiger partial charge in [-0.25, -0.2) is 0 Å². The normalized spacial score (nSPS) is 25.1. The molecule has 2 heterocycles. The molecular weight excluding hydrogens is 258 g/mol. The van der Waals surface area contributed by atoms with Gasteiger partial charge >= 0.3 is 0 Å². The minimum Gasteiger partial charge on any atom is -0.310 e. The Bertz CT molecular complexity index is 423. The van der Waals surface area contributed by atoms with Crippen LogP contribution in [0.2, 0.25) is 5.15 Å². The summed E-state index contributed by atoms with van der Waals surface area (Å²) >= 11 is 6.17. The molecule has 0 unspecified atom stereocenters. The summed E-state index contributed by atoms with van der Waals surface area (Å²) in [7, 11) is 1.25. The minimum atomic E-state index is -0.596. The molecule has 0 atom stereocenters. The molecule has 6 heteroatoms. The van der Waals surface area contributed by atoms with Gasteiger partial charge in [0.05, 0.1) is 5.69 Å². The van der Waals surface area contributed by atoms with Crippen LogP contribution in [0.5, 0.6) is 0 Å². The van der Waals surface area contributed by atoms with E-state index in [9.17, 15) is 4.21 Å². The molecule has 96 valence electrons. The Morgan fingerprint density at radius 2 is 2.18 bits per heavy atom. The van der Waals surface area contributed by atoms with Crippen LogP contribution in [-0.4, -0.2) is 31.5 Å². The van der Waals surface area contributed by atoms with E-state index in [2.05, 4.69) is 10.4 Å². The summed E-state index contributed by atoms with van der Waals surface area (Å²) in [6.45, 7) is 2.72. The van der Waals surface area contributed by atoms with Crippen LogP contribution in [0.15, 0.2) is 0 Å². The lowest BCUT2D eigenvalue weighted by atomic mass is 10.1. The van der Waals surface area contributed by atoms with Gasteiger partial charge in [-0.2, -0.15) is 5.10 Å². The second-order valence-electron chi connectivity index (χ2n) is 4.48. The van der Waals surface area contributed by atoms with Crippen molar-refractivity contribution in [1.82, 2.24) is 15.1 Å². The smallest absolute Gasteiger partial charge is 0.131 e. The Kier molecular flexibility index (Phi) is 4.22. The molecule has 0 saturated carbocycles. The molecule has 1 aromatic rings. The Morgan fingerprint density at radius 3 is 2.71 bits per heavy atom. The lowest BCUT2D eigenvalue weighted by Crippen LogP contribution is -2.35. The predicted molar refractivity (Wildman–Crippen MR) is 70.7 cm³/mol. The molecule has 17 heavy (non-hydrogen) atoms. The van der Waals surface area contributed by atoms with Crippen molar-refractivity contribution in [2.24, 2.45) is 7.05 Å². The van der Waals surface area contributed by atoms with Crippen LogP contribution in [0.1, 0.15) is 24.1 Å². The fourth-order valence-electron chi connectivity index (χ4n) is 2.12. The lowest BCUT2D eigenvalue weighted by Gasteiger charge is -2.22. The Hall–Kier alpha value is -0.390. The van der Waals surface area contributed by atoms with Crippen molar-refractivity contribution in [3.8, 4) is 0 Å². The van der Waals surface area contributed by atoms with E-state index in [-0.39, 0.29) is 0 Å². The Balaban J connectivity index is 1.91. The van der Waals surface area contributed by atoms with Gasteiger partial charge < -0.3 is 5.32 Å². The number of hydrogen-bond acceptors (Lipinski definition) is 3. The molecule has 1 N–H and O–H groups in total. The number of hydrogen-bond donors (Lipinski definition) is 1. The van der Waals surface area contributed by atoms with E-state index in [4.69, 9.17) is 11.6 Å². The van der Waals surface area contributed by atoms with Gasteiger partial charge in [-0.3, -0.25) is 8.89 Å². The minimum absolute atomic E-state index is 0.461. The third-order valence-electron chi connectivity index (χ3n) is 3.23. The summed E-state index contributed by atoms with van der Waals surface area (Å²) in [5, 5.41) is 8.47. The maximum absolute atomic E-state index is 11.2. The van der Waals surface area contributed by atoms with Gasteiger partial charge in [0, 0.05) is 47.5 Å². The van der Waals surface area contributed by atoms with Gasteiger partial charge in [-0.1, -0.05) is 11.6 Å². The van der Waals surface area contributed by atoms with E-state index in [1.807, 2.05) is 14.0 Å². The molecule has 4 nitrogen and oxygen atoms in total. The van der Waals surface area contributed by atoms with Crippen molar-refractivity contribution in [3.63, 3.8) is 0 Å². The molecule has 1 aromatic heterocycles. The highest BCUT2D eigenvalue weighted by Crippen LogP contribution is 2.19. The number of aryl methyl sites for hydroxylation is 2. The molecule has 0 aromatic carbocycles. The number of rotatable bonds is 3. The van der Waals surface area contributed by atoms with Gasteiger partial charge in [0.25, 0.3) is 0 Å². The van der Waals surface area contributed by atoms with Crippen molar-refractivity contribution >= 4 is 22.4 Å². The summed E-state index contributed by atoms with van der Waals surface area (Å²) in [4.78, 5) is 0. The van der Waals surface area contributed by atoms with E-state index >= 15 is 0 Å². The van der Waals surface area contributed by atoms with E-state index in [0.29, 0.717) is 11.2 Å². The molecular formula is C11H18ClN3OS. The molecule has 0 bridgehead atoms. The maximum Gasteiger partial charge on any atom is 0.131 e. The molecule has 0 aliphatic carbocycles. The summed E-state index contributed by atoms with van der Waals surface area (Å²) < 4.78 is 12.9. The topological polar surface area (TPSA) is 46.9 Å². The van der Waals surface area contributed by atoms with Crippen molar-refractivity contribution in [1.29, 1.82) is 0 Å². The van der Waals surface area contributed by atoms with Crippen LogP contribution < -0.4 is 5.32 Å². The molecule has 1 aliphatic heterocycles. The first-order valence-electron chi connectivity index (χ1n) is 5.84. The van der Waals surface area contributed by atoms with Crippen LogP contribution in [0.3, 0.4) is 0 Å². The van der Waals surface area contributed by atoms with Crippen molar-refractivity contribution in [2.45, 2.75) is 32.4 Å². The molecule has 1 saturated heterocycles. The standard InChI is InChI=1S/C11H18ClN3OS/c1-8-10(11(12)15(2)14-8)7-13-9-3-5-17(16)6-4-9/h9,13H,3-7H2,1-2H3. The molecule has 1 fully saturated rings. The molecule has 0 amide bonds. The average molecular weight is 276 g/mol. The van der Waals surface area contributed by atoms with Gasteiger partial charge in [0.1, 0.15) is 5.15 Å². The van der Waals surface area contributed by atoms with E-state index in [0.717, 1.165) is 42.1 Å². The van der Waals surface area contributed by atoms with Crippen molar-refractivity contribution < 1.29 is 4.21 Å². The summed E-state index contributed by atoms with van der Waals surface area (Å²) in [6.07, 6.45) is 1.98. The fraction of sp³-hybridized carbons (Fsp3) is 0.727. The maximum atomic E-state index is 11.2. The number of aromatic nitrogens is 2. The van der Waals surface area contributed by atoms with Crippen molar-refractivity contribution in [3.05, 3.63) is 16.4 Å². The lowest BCUT2D eigenvalue weighted by molar-refractivity contribution is 0.474.